The summed E-state index contributed by atoms with van der Waals surface area (Å²) in [4.78, 5) is 19.3. The van der Waals surface area contributed by atoms with Gasteiger partial charge in [-0.2, -0.15) is 0 Å². The van der Waals surface area contributed by atoms with Crippen molar-refractivity contribution in [3.63, 3.8) is 0 Å². The number of thiazole rings is 1. The Morgan fingerprint density at radius 3 is 2.69 bits per heavy atom. The Hall–Kier alpha value is -1.63. The van der Waals surface area contributed by atoms with E-state index in [1.54, 1.807) is 24.4 Å². The first-order valence-corrected chi connectivity index (χ1v) is 11.4. The lowest BCUT2D eigenvalue weighted by Gasteiger charge is -2.36. The summed E-state index contributed by atoms with van der Waals surface area (Å²) in [5.74, 6) is 0.474. The van der Waals surface area contributed by atoms with Gasteiger partial charge in [0, 0.05) is 36.8 Å². The van der Waals surface area contributed by atoms with E-state index < -0.39 is 0 Å². The van der Waals surface area contributed by atoms with Crippen molar-refractivity contribution >= 4 is 28.8 Å². The number of ether oxygens (including phenoxy) is 1. The first-order chi connectivity index (χ1) is 13.7. The Balaban J connectivity index is 1.54. The summed E-state index contributed by atoms with van der Waals surface area (Å²) in [7, 11) is 0. The minimum atomic E-state index is -0.170. The molecule has 1 N–H and O–H groups in total. The number of nitrogens with zero attached hydrogens (tertiary/aromatic N) is 2. The molecule has 1 aliphatic heterocycles. The van der Waals surface area contributed by atoms with Crippen molar-refractivity contribution in [2.45, 2.75) is 52.7 Å². The zero-order valence-electron chi connectivity index (χ0n) is 17.6. The van der Waals surface area contributed by atoms with Gasteiger partial charge in [-0.3, -0.25) is 4.79 Å². The summed E-state index contributed by atoms with van der Waals surface area (Å²) >= 11 is 7.94. The van der Waals surface area contributed by atoms with E-state index in [0.717, 1.165) is 37.5 Å². The molecule has 1 fully saturated rings. The number of nitrogens with one attached hydrogen (secondary N) is 1. The fourth-order valence-electron chi connectivity index (χ4n) is 3.56. The fourth-order valence-corrected chi connectivity index (χ4v) is 4.43. The molecule has 1 aromatic heterocycles. The molecule has 3 rings (SSSR count). The van der Waals surface area contributed by atoms with Crippen molar-refractivity contribution in [3.05, 3.63) is 45.4 Å². The summed E-state index contributed by atoms with van der Waals surface area (Å²) in [5.41, 5.74) is 0.829. The summed E-state index contributed by atoms with van der Waals surface area (Å²) in [6, 6.07) is 5.10. The molecule has 0 saturated carbocycles. The van der Waals surface area contributed by atoms with E-state index in [1.807, 2.05) is 12.3 Å². The molecule has 2 heterocycles. The van der Waals surface area contributed by atoms with E-state index in [-0.39, 0.29) is 18.1 Å². The lowest BCUT2D eigenvalue weighted by molar-refractivity contribution is 0.0811. The second-order valence-electron chi connectivity index (χ2n) is 8.86. The van der Waals surface area contributed by atoms with Gasteiger partial charge in [0.15, 0.2) is 0 Å². The summed E-state index contributed by atoms with van der Waals surface area (Å²) in [6.45, 7) is 11.9. The molecular weight excluding hydrogens is 406 g/mol. The fraction of sp³-hybridized carbons (Fsp3) is 0.545. The quantitative estimate of drug-likeness (QED) is 0.679. The van der Waals surface area contributed by atoms with E-state index >= 15 is 0 Å². The average molecular weight is 436 g/mol. The molecule has 158 valence electrons. The molecule has 2 aromatic rings. The van der Waals surface area contributed by atoms with Crippen LogP contribution in [0.5, 0.6) is 5.75 Å². The summed E-state index contributed by atoms with van der Waals surface area (Å²) < 4.78 is 6.14. The van der Waals surface area contributed by atoms with Crippen LogP contribution in [0.15, 0.2) is 29.8 Å². The Morgan fingerprint density at radius 2 is 2.10 bits per heavy atom. The van der Waals surface area contributed by atoms with Crippen LogP contribution in [0.2, 0.25) is 5.02 Å². The molecule has 1 amide bonds. The van der Waals surface area contributed by atoms with Crippen LogP contribution in [0, 0.1) is 5.41 Å². The molecule has 0 radical (unpaired) electrons. The largest absolute Gasteiger partial charge is 0.489 e. The number of hydrogen-bond donors (Lipinski definition) is 1. The first kappa shape index (κ1) is 22.1. The van der Waals surface area contributed by atoms with Crippen molar-refractivity contribution in [1.82, 2.24) is 15.2 Å². The van der Waals surface area contributed by atoms with Gasteiger partial charge in [-0.15, -0.1) is 11.3 Å². The molecule has 29 heavy (non-hydrogen) atoms. The molecule has 0 spiro atoms. The van der Waals surface area contributed by atoms with E-state index in [0.29, 0.717) is 21.8 Å². The van der Waals surface area contributed by atoms with Crippen molar-refractivity contribution in [2.24, 2.45) is 5.41 Å². The number of piperidine rings is 1. The van der Waals surface area contributed by atoms with Crippen molar-refractivity contribution < 1.29 is 9.53 Å². The highest BCUT2D eigenvalue weighted by Gasteiger charge is 2.24. The van der Waals surface area contributed by atoms with Gasteiger partial charge in [0.05, 0.1) is 11.1 Å². The van der Waals surface area contributed by atoms with Gasteiger partial charge in [0.1, 0.15) is 16.9 Å². The van der Waals surface area contributed by atoms with E-state index in [4.69, 9.17) is 16.3 Å². The molecule has 1 unspecified atom stereocenters. The minimum Gasteiger partial charge on any atom is -0.489 e. The standard InChI is InChI=1S/C22H30ClN3O2S/c1-15(21-24-9-12-29-21)25-20(27)16-5-6-19(18(23)13-16)28-17-7-10-26(11-8-17)14-22(2,3)4/h5-6,9,12-13,15,17H,7-8,10-11,14H2,1-4H3,(H,25,27). The van der Waals surface area contributed by atoms with Gasteiger partial charge in [0.25, 0.3) is 5.91 Å². The predicted octanol–water partition coefficient (Wildman–Crippen LogP) is 5.18. The van der Waals surface area contributed by atoms with Crippen molar-refractivity contribution in [2.75, 3.05) is 19.6 Å². The highest BCUT2D eigenvalue weighted by molar-refractivity contribution is 7.09. The zero-order valence-corrected chi connectivity index (χ0v) is 19.1. The van der Waals surface area contributed by atoms with Gasteiger partial charge in [-0.05, 0) is 43.4 Å². The van der Waals surface area contributed by atoms with Crippen LogP contribution in [0.25, 0.3) is 0 Å². The Bertz CT molecular complexity index is 812. The minimum absolute atomic E-state index is 0.143. The van der Waals surface area contributed by atoms with E-state index in [1.165, 1.54) is 11.3 Å². The number of benzene rings is 1. The highest BCUT2D eigenvalue weighted by atomic mass is 35.5. The molecule has 0 bridgehead atoms. The highest BCUT2D eigenvalue weighted by Crippen LogP contribution is 2.29. The normalized spacial score (nSPS) is 17.1. The third kappa shape index (κ3) is 6.43. The molecule has 0 aliphatic carbocycles. The monoisotopic (exact) mass is 435 g/mol. The topological polar surface area (TPSA) is 54.5 Å². The maximum absolute atomic E-state index is 12.5. The molecule has 1 atom stereocenters. The number of carbonyl (C=O) groups excluding carboxylic acids is 1. The maximum atomic E-state index is 12.5. The second-order valence-corrected chi connectivity index (χ2v) is 10.2. The van der Waals surface area contributed by atoms with Crippen LogP contribution in [-0.2, 0) is 0 Å². The first-order valence-electron chi connectivity index (χ1n) is 10.1. The average Bonchev–Trinajstić information content (AvgIpc) is 3.18. The SMILES string of the molecule is CC(NC(=O)c1ccc(OC2CCN(CC(C)(C)C)CC2)c(Cl)c1)c1nccs1. The van der Waals surface area contributed by atoms with Crippen LogP contribution in [-0.4, -0.2) is 41.5 Å². The second kappa shape index (κ2) is 9.45. The lowest BCUT2D eigenvalue weighted by atomic mass is 9.94. The summed E-state index contributed by atoms with van der Waals surface area (Å²) in [6.07, 6.45) is 3.87. The van der Waals surface area contributed by atoms with Crippen LogP contribution >= 0.6 is 22.9 Å². The number of amides is 1. The van der Waals surface area contributed by atoms with Crippen molar-refractivity contribution in [3.8, 4) is 5.75 Å². The smallest absolute Gasteiger partial charge is 0.251 e. The van der Waals surface area contributed by atoms with Crippen LogP contribution in [0.1, 0.15) is 61.9 Å². The molecular formula is C22H30ClN3O2S. The lowest BCUT2D eigenvalue weighted by Crippen LogP contribution is -2.42. The van der Waals surface area contributed by atoms with Crippen LogP contribution in [0.3, 0.4) is 0 Å². The number of carbonyl (C=O) groups is 1. The molecule has 1 saturated heterocycles. The number of halogens is 1. The Morgan fingerprint density at radius 1 is 1.38 bits per heavy atom. The number of rotatable bonds is 6. The predicted molar refractivity (Wildman–Crippen MR) is 119 cm³/mol. The van der Waals surface area contributed by atoms with Crippen molar-refractivity contribution in [1.29, 1.82) is 0 Å². The number of aromatic nitrogens is 1. The Kier molecular flexibility index (Phi) is 7.19. The zero-order chi connectivity index (χ0) is 21.0. The van der Waals surface area contributed by atoms with E-state index in [2.05, 4.69) is 36.0 Å². The van der Waals surface area contributed by atoms with Crippen LogP contribution < -0.4 is 10.1 Å². The molecule has 1 aliphatic rings. The summed E-state index contributed by atoms with van der Waals surface area (Å²) in [5, 5.41) is 6.20. The third-order valence-corrected chi connectivity index (χ3v) is 6.14. The van der Waals surface area contributed by atoms with E-state index in [9.17, 15) is 4.79 Å². The van der Waals surface area contributed by atoms with Gasteiger partial charge < -0.3 is 15.0 Å². The number of hydrogen-bond acceptors (Lipinski definition) is 5. The Labute approximate surface area is 182 Å². The van der Waals surface area contributed by atoms with Gasteiger partial charge in [0.2, 0.25) is 0 Å². The van der Waals surface area contributed by atoms with Gasteiger partial charge in [-0.1, -0.05) is 32.4 Å². The molecule has 7 heteroatoms. The van der Waals surface area contributed by atoms with Crippen LogP contribution in [0.4, 0.5) is 0 Å². The number of likely N-dealkylation sites (tertiary alicyclic amines) is 1. The third-order valence-electron chi connectivity index (χ3n) is 4.89. The molecule has 1 aromatic carbocycles. The molecule has 5 nitrogen and oxygen atoms in total. The maximum Gasteiger partial charge on any atom is 0.251 e. The van der Waals surface area contributed by atoms with Gasteiger partial charge in [-0.25, -0.2) is 4.98 Å². The van der Waals surface area contributed by atoms with Gasteiger partial charge >= 0.3 is 0 Å².